The Morgan fingerprint density at radius 1 is 1.47 bits per heavy atom. The number of hydrogen-bond acceptors (Lipinski definition) is 2. The van der Waals surface area contributed by atoms with Crippen LogP contribution in [0.25, 0.3) is 0 Å². The van der Waals surface area contributed by atoms with Gasteiger partial charge in [-0.3, -0.25) is 4.79 Å². The second kappa shape index (κ2) is 14.8. The van der Waals surface area contributed by atoms with E-state index in [1.807, 2.05) is 13.8 Å². The third kappa shape index (κ3) is 26.4. The maximum absolute atomic E-state index is 9.47. The zero-order chi connectivity index (χ0) is 13.1. The van der Waals surface area contributed by atoms with E-state index >= 15 is 0 Å². The molecular weight excluding hydrogens is 265 g/mol. The molecule has 0 heterocycles. The molecule has 1 amide bonds. The van der Waals surface area contributed by atoms with Crippen molar-refractivity contribution in [2.75, 3.05) is 5.75 Å². The SMILES string of the molecule is C=CC(N)=O.CC(C)C[SH]=C(S)OC(C)C.[NaH]. The standard InChI is InChI=1S/C8H18OS2.C3H5NO.Na.H/c1-6(2)5-11-8(10)9-7(3)4;1-2-3(4)5;;/h6-7,10-11H,5H2,1-4H3;2H,1H2,(H2,4,5);;. The number of rotatable bonds is 4. The molecule has 0 fully saturated rings. The van der Waals surface area contributed by atoms with Crippen LogP contribution in [-0.4, -0.2) is 51.7 Å². The number of nitrogens with two attached hydrogens (primary N) is 1. The Balaban J connectivity index is -0.000000280. The summed E-state index contributed by atoms with van der Waals surface area (Å²) in [6, 6.07) is 0. The van der Waals surface area contributed by atoms with Crippen molar-refractivity contribution in [2.45, 2.75) is 33.8 Å². The van der Waals surface area contributed by atoms with E-state index in [4.69, 9.17) is 4.74 Å². The molecule has 0 aliphatic rings. The molecule has 0 aromatic heterocycles. The van der Waals surface area contributed by atoms with Crippen molar-refractivity contribution in [3.63, 3.8) is 0 Å². The molecule has 0 aliphatic heterocycles. The van der Waals surface area contributed by atoms with E-state index in [1.54, 1.807) is 0 Å². The molecule has 0 radical (unpaired) electrons. The summed E-state index contributed by atoms with van der Waals surface area (Å²) in [4.78, 5) is 9.47. The van der Waals surface area contributed by atoms with Crippen molar-refractivity contribution in [2.24, 2.45) is 11.7 Å². The first-order chi connectivity index (χ1) is 7.29. The van der Waals surface area contributed by atoms with Crippen LogP contribution in [0.2, 0.25) is 0 Å². The Kier molecular flexibility index (Phi) is 19.9. The van der Waals surface area contributed by atoms with Gasteiger partial charge in [0.1, 0.15) is 4.38 Å². The number of amides is 1. The third-order valence-corrected chi connectivity index (χ3v) is 2.95. The number of carbonyl (C=O) groups excluding carboxylic acids is 1. The topological polar surface area (TPSA) is 52.3 Å². The third-order valence-electron chi connectivity index (χ3n) is 1.13. The van der Waals surface area contributed by atoms with Crippen LogP contribution in [-0.2, 0) is 9.53 Å². The number of thiol groups is 2. The molecule has 0 bridgehead atoms. The molecule has 0 aromatic carbocycles. The van der Waals surface area contributed by atoms with Crippen LogP contribution in [0.1, 0.15) is 27.7 Å². The molecular formula is C11H24NNaO2S2. The molecule has 3 nitrogen and oxygen atoms in total. The summed E-state index contributed by atoms with van der Waals surface area (Å²) in [6.45, 7) is 11.5. The van der Waals surface area contributed by atoms with Crippen molar-refractivity contribution >= 4 is 63.8 Å². The summed E-state index contributed by atoms with van der Waals surface area (Å²) in [5.74, 6) is 1.37. The van der Waals surface area contributed by atoms with Gasteiger partial charge in [-0.05, 0) is 31.6 Å². The van der Waals surface area contributed by atoms with Crippen LogP contribution >= 0.6 is 24.0 Å². The molecule has 0 aliphatic carbocycles. The summed E-state index contributed by atoms with van der Waals surface area (Å²) >= 11 is 5.43. The van der Waals surface area contributed by atoms with Gasteiger partial charge in [0.15, 0.2) is 0 Å². The molecule has 0 aromatic rings. The van der Waals surface area contributed by atoms with Crippen LogP contribution in [0, 0.1) is 5.92 Å². The molecule has 0 saturated carbocycles. The summed E-state index contributed by atoms with van der Waals surface area (Å²) in [6.07, 6.45) is 1.31. The van der Waals surface area contributed by atoms with Gasteiger partial charge in [0.05, 0.1) is 6.10 Å². The molecule has 0 rings (SSSR count). The first kappa shape index (κ1) is 22.9. The minimum absolute atomic E-state index is 0. The fourth-order valence-corrected chi connectivity index (χ4v) is 1.77. The summed E-state index contributed by atoms with van der Waals surface area (Å²) in [5, 5.41) is 0. The Labute approximate surface area is 136 Å². The van der Waals surface area contributed by atoms with Crippen LogP contribution in [0.5, 0.6) is 0 Å². The van der Waals surface area contributed by atoms with Crippen LogP contribution in [0.3, 0.4) is 0 Å². The van der Waals surface area contributed by atoms with Crippen LogP contribution < -0.4 is 5.73 Å². The molecule has 17 heavy (non-hydrogen) atoms. The van der Waals surface area contributed by atoms with Gasteiger partial charge in [0.25, 0.3) is 0 Å². The van der Waals surface area contributed by atoms with Gasteiger partial charge < -0.3 is 10.5 Å². The predicted octanol–water partition coefficient (Wildman–Crippen LogP) is 1.56. The average molecular weight is 289 g/mol. The van der Waals surface area contributed by atoms with E-state index in [2.05, 4.69) is 38.8 Å². The quantitative estimate of drug-likeness (QED) is 0.318. The average Bonchev–Trinajstić information content (AvgIpc) is 2.14. The van der Waals surface area contributed by atoms with E-state index in [0.29, 0.717) is 0 Å². The van der Waals surface area contributed by atoms with Gasteiger partial charge in [-0.15, -0.1) is 12.6 Å². The fourth-order valence-electron chi connectivity index (χ4n) is 0.509. The number of ether oxygens (including phenoxy) is 1. The van der Waals surface area contributed by atoms with Gasteiger partial charge in [-0.25, -0.2) is 0 Å². The molecule has 0 spiro atoms. The maximum atomic E-state index is 9.47. The van der Waals surface area contributed by atoms with Gasteiger partial charge in [0.2, 0.25) is 5.91 Å². The van der Waals surface area contributed by atoms with E-state index in [0.717, 1.165) is 22.1 Å². The number of primary amides is 1. The fraction of sp³-hybridized carbons (Fsp3) is 0.636. The molecule has 0 saturated heterocycles. The van der Waals surface area contributed by atoms with E-state index in [9.17, 15) is 4.79 Å². The molecule has 0 unspecified atom stereocenters. The van der Waals surface area contributed by atoms with Crippen molar-refractivity contribution in [3.05, 3.63) is 12.7 Å². The van der Waals surface area contributed by atoms with Crippen LogP contribution in [0.15, 0.2) is 12.7 Å². The Morgan fingerprint density at radius 2 is 1.88 bits per heavy atom. The second-order valence-electron chi connectivity index (χ2n) is 3.79. The summed E-state index contributed by atoms with van der Waals surface area (Å²) < 4.78 is 6.21. The van der Waals surface area contributed by atoms with Crippen LogP contribution in [0.4, 0.5) is 0 Å². The number of carbonyl (C=O) groups is 1. The zero-order valence-electron chi connectivity index (χ0n) is 10.4. The molecule has 0 atom stereocenters. The Bertz CT molecular complexity index is 244. The first-order valence-corrected chi connectivity index (χ1v) is 6.64. The minimum atomic E-state index is -0.481. The molecule has 6 heteroatoms. The van der Waals surface area contributed by atoms with Crippen molar-refractivity contribution in [3.8, 4) is 0 Å². The van der Waals surface area contributed by atoms with Gasteiger partial charge in [-0.1, -0.05) is 20.4 Å². The first-order valence-electron chi connectivity index (χ1n) is 5.11. The Morgan fingerprint density at radius 3 is 2.12 bits per heavy atom. The van der Waals surface area contributed by atoms with Crippen molar-refractivity contribution in [1.29, 1.82) is 0 Å². The molecule has 98 valence electrons. The van der Waals surface area contributed by atoms with Crippen molar-refractivity contribution in [1.82, 2.24) is 0 Å². The molecule has 2 N–H and O–H groups in total. The van der Waals surface area contributed by atoms with E-state index in [-0.39, 0.29) is 35.7 Å². The van der Waals surface area contributed by atoms with E-state index < -0.39 is 5.91 Å². The van der Waals surface area contributed by atoms with E-state index in [1.165, 1.54) is 11.4 Å². The second-order valence-corrected chi connectivity index (χ2v) is 5.64. The Hall–Kier alpha value is 0.740. The van der Waals surface area contributed by atoms with Gasteiger partial charge >= 0.3 is 29.6 Å². The zero-order valence-corrected chi connectivity index (χ0v) is 12.2. The predicted molar refractivity (Wildman–Crippen MR) is 85.4 cm³/mol. The summed E-state index contributed by atoms with van der Waals surface area (Å²) in [5.41, 5.74) is 4.53. The monoisotopic (exact) mass is 289 g/mol. The number of hydrogen-bond donors (Lipinski definition) is 3. The summed E-state index contributed by atoms with van der Waals surface area (Å²) in [7, 11) is 0. The normalized spacial score (nSPS) is 10.9. The van der Waals surface area contributed by atoms with Crippen molar-refractivity contribution < 1.29 is 9.53 Å². The van der Waals surface area contributed by atoms with Gasteiger partial charge in [-0.2, -0.15) is 11.4 Å². The van der Waals surface area contributed by atoms with Gasteiger partial charge in [0, 0.05) is 0 Å².